The van der Waals surface area contributed by atoms with Gasteiger partial charge in [0.2, 0.25) is 5.91 Å². The van der Waals surface area contributed by atoms with Gasteiger partial charge in [-0.25, -0.2) is 0 Å². The van der Waals surface area contributed by atoms with E-state index in [2.05, 4.69) is 26.6 Å². The number of amides is 2. The number of nitrogens with zero attached hydrogens (tertiary/aromatic N) is 1. The van der Waals surface area contributed by atoms with Gasteiger partial charge in [-0.3, -0.25) is 9.59 Å². The van der Waals surface area contributed by atoms with Crippen LogP contribution < -0.4 is 10.6 Å². The van der Waals surface area contributed by atoms with Crippen LogP contribution in [0.1, 0.15) is 23.7 Å². The molecule has 2 amide bonds. The SMILES string of the molecule is C[C@H]1CNCCN1C(=O)CCNC(=O)c1ccc(Br)cc1. The number of piperazine rings is 1. The number of carbonyl (C=O) groups excluding carboxylic acids is 2. The van der Waals surface area contributed by atoms with E-state index in [0.717, 1.165) is 24.1 Å². The van der Waals surface area contributed by atoms with Gasteiger partial charge in [0.15, 0.2) is 0 Å². The first-order valence-corrected chi connectivity index (χ1v) is 7.91. The molecule has 0 unspecified atom stereocenters. The number of hydrogen-bond donors (Lipinski definition) is 2. The van der Waals surface area contributed by atoms with Gasteiger partial charge in [-0.2, -0.15) is 0 Å². The first-order chi connectivity index (χ1) is 10.1. The molecule has 2 rings (SSSR count). The fourth-order valence-electron chi connectivity index (χ4n) is 2.34. The van der Waals surface area contributed by atoms with E-state index >= 15 is 0 Å². The van der Waals surface area contributed by atoms with Crippen molar-refractivity contribution in [3.8, 4) is 0 Å². The van der Waals surface area contributed by atoms with E-state index in [1.54, 1.807) is 12.1 Å². The normalized spacial score (nSPS) is 18.4. The van der Waals surface area contributed by atoms with Crippen LogP contribution in [0.4, 0.5) is 0 Å². The second kappa shape index (κ2) is 7.56. The molecule has 1 fully saturated rings. The summed E-state index contributed by atoms with van der Waals surface area (Å²) >= 11 is 3.33. The first kappa shape index (κ1) is 16.0. The quantitative estimate of drug-likeness (QED) is 0.859. The Balaban J connectivity index is 1.77. The zero-order chi connectivity index (χ0) is 15.2. The minimum Gasteiger partial charge on any atom is -0.352 e. The van der Waals surface area contributed by atoms with Gasteiger partial charge in [-0.05, 0) is 31.2 Å². The van der Waals surface area contributed by atoms with Crippen LogP contribution in [0.15, 0.2) is 28.7 Å². The van der Waals surface area contributed by atoms with Crippen molar-refractivity contribution in [2.45, 2.75) is 19.4 Å². The number of benzene rings is 1. The van der Waals surface area contributed by atoms with Crippen molar-refractivity contribution < 1.29 is 9.59 Å². The third kappa shape index (κ3) is 4.54. The molecule has 1 aliphatic rings. The van der Waals surface area contributed by atoms with E-state index in [9.17, 15) is 9.59 Å². The monoisotopic (exact) mass is 353 g/mol. The van der Waals surface area contributed by atoms with Crippen molar-refractivity contribution in [3.05, 3.63) is 34.3 Å². The van der Waals surface area contributed by atoms with Crippen LogP contribution in [-0.2, 0) is 4.79 Å². The van der Waals surface area contributed by atoms with E-state index in [1.807, 2.05) is 24.0 Å². The van der Waals surface area contributed by atoms with E-state index in [0.29, 0.717) is 18.5 Å². The summed E-state index contributed by atoms with van der Waals surface area (Å²) in [5.74, 6) is -0.0521. The Morgan fingerprint density at radius 3 is 2.76 bits per heavy atom. The lowest BCUT2D eigenvalue weighted by Gasteiger charge is -2.34. The molecule has 0 spiro atoms. The molecular weight excluding hydrogens is 334 g/mol. The summed E-state index contributed by atoms with van der Waals surface area (Å²) in [4.78, 5) is 25.9. The van der Waals surface area contributed by atoms with Gasteiger partial charge in [0, 0.05) is 48.7 Å². The lowest BCUT2D eigenvalue weighted by molar-refractivity contribution is -0.133. The molecule has 1 aliphatic heterocycles. The highest BCUT2D eigenvalue weighted by atomic mass is 79.9. The summed E-state index contributed by atoms with van der Waals surface area (Å²) in [6, 6.07) is 7.36. The summed E-state index contributed by atoms with van der Waals surface area (Å²) < 4.78 is 0.932. The Kier molecular flexibility index (Phi) is 5.76. The van der Waals surface area contributed by atoms with Crippen molar-refractivity contribution in [1.82, 2.24) is 15.5 Å². The lowest BCUT2D eigenvalue weighted by atomic mass is 10.2. The number of rotatable bonds is 4. The third-order valence-corrected chi connectivity index (χ3v) is 4.08. The van der Waals surface area contributed by atoms with Crippen LogP contribution in [0.5, 0.6) is 0 Å². The molecule has 1 aromatic rings. The van der Waals surface area contributed by atoms with Crippen LogP contribution in [0, 0.1) is 0 Å². The molecule has 0 saturated carbocycles. The topological polar surface area (TPSA) is 61.4 Å². The molecule has 0 aromatic heterocycles. The predicted octanol–water partition coefficient (Wildman–Crippen LogP) is 1.39. The van der Waals surface area contributed by atoms with Gasteiger partial charge in [0.1, 0.15) is 0 Å². The molecule has 114 valence electrons. The summed E-state index contributed by atoms with van der Waals surface area (Å²) in [6.07, 6.45) is 0.340. The molecule has 1 heterocycles. The van der Waals surface area contributed by atoms with Crippen molar-refractivity contribution in [2.24, 2.45) is 0 Å². The van der Waals surface area contributed by atoms with Crippen LogP contribution in [0.25, 0.3) is 0 Å². The highest BCUT2D eigenvalue weighted by molar-refractivity contribution is 9.10. The van der Waals surface area contributed by atoms with Gasteiger partial charge >= 0.3 is 0 Å². The molecular formula is C15H20BrN3O2. The van der Waals surface area contributed by atoms with E-state index in [1.165, 1.54) is 0 Å². The van der Waals surface area contributed by atoms with Crippen LogP contribution in [0.2, 0.25) is 0 Å². The van der Waals surface area contributed by atoms with Gasteiger partial charge in [-0.15, -0.1) is 0 Å². The van der Waals surface area contributed by atoms with Gasteiger partial charge in [0.05, 0.1) is 0 Å². The maximum atomic E-state index is 12.1. The van der Waals surface area contributed by atoms with Gasteiger partial charge in [-0.1, -0.05) is 15.9 Å². The maximum absolute atomic E-state index is 12.1. The van der Waals surface area contributed by atoms with Crippen molar-refractivity contribution in [3.63, 3.8) is 0 Å². The average molecular weight is 354 g/mol. The fourth-order valence-corrected chi connectivity index (χ4v) is 2.61. The highest BCUT2D eigenvalue weighted by Gasteiger charge is 2.22. The molecule has 0 aliphatic carbocycles. The Hall–Kier alpha value is -1.40. The molecule has 5 nitrogen and oxygen atoms in total. The van der Waals surface area contributed by atoms with Gasteiger partial charge < -0.3 is 15.5 Å². The summed E-state index contributed by atoms with van der Waals surface area (Å²) in [7, 11) is 0. The molecule has 2 N–H and O–H groups in total. The van der Waals surface area contributed by atoms with E-state index < -0.39 is 0 Å². The Labute approximate surface area is 133 Å². The maximum Gasteiger partial charge on any atom is 0.251 e. The summed E-state index contributed by atoms with van der Waals surface area (Å²) in [5.41, 5.74) is 0.598. The summed E-state index contributed by atoms with van der Waals surface area (Å²) in [6.45, 7) is 4.80. The van der Waals surface area contributed by atoms with Crippen LogP contribution >= 0.6 is 15.9 Å². The van der Waals surface area contributed by atoms with Crippen LogP contribution in [0.3, 0.4) is 0 Å². The molecule has 1 saturated heterocycles. The van der Waals surface area contributed by atoms with E-state index in [4.69, 9.17) is 0 Å². The van der Waals surface area contributed by atoms with Crippen molar-refractivity contribution in [2.75, 3.05) is 26.2 Å². The van der Waals surface area contributed by atoms with Crippen LogP contribution in [-0.4, -0.2) is 48.9 Å². The number of halogens is 1. The third-order valence-electron chi connectivity index (χ3n) is 3.55. The zero-order valence-corrected chi connectivity index (χ0v) is 13.6. The minimum atomic E-state index is -0.149. The molecule has 1 atom stereocenters. The second-order valence-corrected chi connectivity index (χ2v) is 6.07. The Morgan fingerprint density at radius 1 is 1.38 bits per heavy atom. The number of carbonyl (C=O) groups is 2. The Bertz CT molecular complexity index is 504. The molecule has 1 aromatic carbocycles. The molecule has 6 heteroatoms. The zero-order valence-electron chi connectivity index (χ0n) is 12.1. The van der Waals surface area contributed by atoms with E-state index in [-0.39, 0.29) is 17.9 Å². The molecule has 0 bridgehead atoms. The smallest absolute Gasteiger partial charge is 0.251 e. The summed E-state index contributed by atoms with van der Waals surface area (Å²) in [5, 5.41) is 6.04. The average Bonchev–Trinajstić information content (AvgIpc) is 2.48. The fraction of sp³-hybridized carbons (Fsp3) is 0.467. The predicted molar refractivity (Wildman–Crippen MR) is 85.1 cm³/mol. The van der Waals surface area contributed by atoms with Crippen molar-refractivity contribution >= 4 is 27.7 Å². The lowest BCUT2D eigenvalue weighted by Crippen LogP contribution is -2.52. The second-order valence-electron chi connectivity index (χ2n) is 5.15. The Morgan fingerprint density at radius 2 is 2.10 bits per heavy atom. The first-order valence-electron chi connectivity index (χ1n) is 7.12. The molecule has 21 heavy (non-hydrogen) atoms. The number of nitrogens with one attached hydrogen (secondary N) is 2. The van der Waals surface area contributed by atoms with Gasteiger partial charge in [0.25, 0.3) is 5.91 Å². The molecule has 0 radical (unpaired) electrons. The highest BCUT2D eigenvalue weighted by Crippen LogP contribution is 2.10. The largest absolute Gasteiger partial charge is 0.352 e. The number of hydrogen-bond acceptors (Lipinski definition) is 3. The standard InChI is InChI=1S/C15H20BrN3O2/c1-11-10-17-8-9-19(11)14(20)6-7-18-15(21)12-2-4-13(16)5-3-12/h2-5,11,17H,6-10H2,1H3,(H,18,21)/t11-/m0/s1. The minimum absolute atomic E-state index is 0.0973. The van der Waals surface area contributed by atoms with Crippen molar-refractivity contribution in [1.29, 1.82) is 0 Å².